The minimum atomic E-state index is 1.02. The lowest BCUT2D eigenvalue weighted by Gasteiger charge is -2.23. The van der Waals surface area contributed by atoms with Gasteiger partial charge in [-0.05, 0) is 38.2 Å². The molecule has 0 atom stereocenters. The molecule has 0 aliphatic rings. The molecule has 0 saturated heterocycles. The molecule has 2 nitrogen and oxygen atoms in total. The Morgan fingerprint density at radius 2 is 1.14 bits per heavy atom. The van der Waals surface area contributed by atoms with Crippen LogP contribution in [-0.2, 0) is 13.1 Å². The van der Waals surface area contributed by atoms with Crippen LogP contribution in [0, 0.1) is 0 Å². The number of nitrogens with zero attached hydrogens (tertiary/aromatic N) is 2. The maximum atomic E-state index is 2.54. The number of hydrogen-bond acceptors (Lipinski definition) is 2. The lowest BCUT2D eigenvalue weighted by Crippen LogP contribution is -2.26. The standard InChI is InChI=1S/C19H26N2/c1-20(2)14-9-15-21(16-18-10-5-3-6-11-18)17-19-12-7-4-8-13-19/h3-8,10-13H,9,14-17H2,1-2H3. The molecule has 0 fully saturated rings. The predicted molar refractivity (Wildman–Crippen MR) is 90.2 cm³/mol. The van der Waals surface area contributed by atoms with Crippen LogP contribution in [0.25, 0.3) is 0 Å². The first-order chi connectivity index (χ1) is 10.2. The molecule has 2 aromatic rings. The van der Waals surface area contributed by atoms with Gasteiger partial charge >= 0.3 is 0 Å². The van der Waals surface area contributed by atoms with E-state index in [0.717, 1.165) is 26.2 Å². The molecule has 21 heavy (non-hydrogen) atoms. The van der Waals surface area contributed by atoms with Gasteiger partial charge in [0.2, 0.25) is 0 Å². The van der Waals surface area contributed by atoms with Gasteiger partial charge in [0, 0.05) is 19.6 Å². The van der Waals surface area contributed by atoms with E-state index in [1.807, 2.05) is 0 Å². The molecule has 0 heterocycles. The van der Waals surface area contributed by atoms with Crippen molar-refractivity contribution in [3.05, 3.63) is 71.8 Å². The molecule has 0 aromatic heterocycles. The van der Waals surface area contributed by atoms with Crippen molar-refractivity contribution in [2.45, 2.75) is 19.5 Å². The second-order valence-corrected chi connectivity index (χ2v) is 5.84. The Morgan fingerprint density at radius 3 is 1.57 bits per heavy atom. The molecule has 0 N–H and O–H groups in total. The van der Waals surface area contributed by atoms with Crippen LogP contribution in [0.4, 0.5) is 0 Å². The smallest absolute Gasteiger partial charge is 0.0237 e. The Labute approximate surface area is 129 Å². The second-order valence-electron chi connectivity index (χ2n) is 5.84. The van der Waals surface area contributed by atoms with Crippen molar-refractivity contribution >= 4 is 0 Å². The van der Waals surface area contributed by atoms with E-state index in [-0.39, 0.29) is 0 Å². The second kappa shape index (κ2) is 8.60. The van der Waals surface area contributed by atoms with Gasteiger partial charge in [-0.25, -0.2) is 0 Å². The highest BCUT2D eigenvalue weighted by Crippen LogP contribution is 2.10. The molecule has 112 valence electrons. The molecule has 0 aliphatic heterocycles. The molecule has 2 heteroatoms. The Kier molecular flexibility index (Phi) is 6.45. The maximum Gasteiger partial charge on any atom is 0.0237 e. The third-order valence-electron chi connectivity index (χ3n) is 3.58. The highest BCUT2D eigenvalue weighted by atomic mass is 15.1. The van der Waals surface area contributed by atoms with Gasteiger partial charge in [0.05, 0.1) is 0 Å². The number of benzene rings is 2. The van der Waals surface area contributed by atoms with Crippen LogP contribution in [0.1, 0.15) is 17.5 Å². The summed E-state index contributed by atoms with van der Waals surface area (Å²) in [6.07, 6.45) is 1.20. The summed E-state index contributed by atoms with van der Waals surface area (Å²) in [6, 6.07) is 21.5. The quantitative estimate of drug-likeness (QED) is 0.729. The van der Waals surface area contributed by atoms with Crippen molar-refractivity contribution in [3.8, 4) is 0 Å². The van der Waals surface area contributed by atoms with E-state index in [9.17, 15) is 0 Å². The van der Waals surface area contributed by atoms with Crippen molar-refractivity contribution < 1.29 is 0 Å². The highest BCUT2D eigenvalue weighted by molar-refractivity contribution is 5.17. The van der Waals surface area contributed by atoms with Crippen LogP contribution in [0.3, 0.4) is 0 Å². The van der Waals surface area contributed by atoms with E-state index in [2.05, 4.69) is 84.6 Å². The third-order valence-corrected chi connectivity index (χ3v) is 3.58. The molecule has 0 saturated carbocycles. The predicted octanol–water partition coefficient (Wildman–Crippen LogP) is 3.64. The van der Waals surface area contributed by atoms with Crippen LogP contribution >= 0.6 is 0 Å². The van der Waals surface area contributed by atoms with Crippen molar-refractivity contribution in [1.29, 1.82) is 0 Å². The molecule has 2 rings (SSSR count). The van der Waals surface area contributed by atoms with Gasteiger partial charge in [-0.15, -0.1) is 0 Å². The fourth-order valence-corrected chi connectivity index (χ4v) is 2.51. The first-order valence-electron chi connectivity index (χ1n) is 7.69. The first kappa shape index (κ1) is 15.7. The molecule has 2 aromatic carbocycles. The van der Waals surface area contributed by atoms with Crippen LogP contribution in [0.5, 0.6) is 0 Å². The van der Waals surface area contributed by atoms with Gasteiger partial charge in [-0.3, -0.25) is 4.90 Å². The molecule has 0 aliphatic carbocycles. The van der Waals surface area contributed by atoms with Crippen LogP contribution < -0.4 is 0 Å². The van der Waals surface area contributed by atoms with Crippen molar-refractivity contribution in [1.82, 2.24) is 9.80 Å². The minimum absolute atomic E-state index is 1.02. The molecule has 0 amide bonds. The van der Waals surface area contributed by atoms with E-state index < -0.39 is 0 Å². The number of rotatable bonds is 8. The van der Waals surface area contributed by atoms with Crippen LogP contribution in [0.15, 0.2) is 60.7 Å². The van der Waals surface area contributed by atoms with Crippen LogP contribution in [-0.4, -0.2) is 37.0 Å². The lowest BCUT2D eigenvalue weighted by molar-refractivity contribution is 0.240. The minimum Gasteiger partial charge on any atom is -0.309 e. The van der Waals surface area contributed by atoms with Crippen molar-refractivity contribution in [2.24, 2.45) is 0 Å². The Morgan fingerprint density at radius 1 is 0.667 bits per heavy atom. The monoisotopic (exact) mass is 282 g/mol. The van der Waals surface area contributed by atoms with E-state index >= 15 is 0 Å². The largest absolute Gasteiger partial charge is 0.309 e. The summed E-state index contributed by atoms with van der Waals surface area (Å²) in [7, 11) is 4.28. The molecule has 0 bridgehead atoms. The topological polar surface area (TPSA) is 6.48 Å². The van der Waals surface area contributed by atoms with E-state index in [0.29, 0.717) is 0 Å². The maximum absolute atomic E-state index is 2.54. The zero-order valence-electron chi connectivity index (χ0n) is 13.2. The highest BCUT2D eigenvalue weighted by Gasteiger charge is 2.07. The molecule has 0 radical (unpaired) electrons. The van der Waals surface area contributed by atoms with E-state index in [1.54, 1.807) is 0 Å². The average molecular weight is 282 g/mol. The van der Waals surface area contributed by atoms with Gasteiger partial charge in [0.1, 0.15) is 0 Å². The van der Waals surface area contributed by atoms with Gasteiger partial charge in [0.25, 0.3) is 0 Å². The summed E-state index contributed by atoms with van der Waals surface area (Å²) in [5.74, 6) is 0. The summed E-state index contributed by atoms with van der Waals surface area (Å²) in [5.41, 5.74) is 2.77. The Hall–Kier alpha value is -1.64. The van der Waals surface area contributed by atoms with Gasteiger partial charge < -0.3 is 4.90 Å². The summed E-state index contributed by atoms with van der Waals surface area (Å²) in [5, 5.41) is 0. The number of hydrogen-bond donors (Lipinski definition) is 0. The third kappa shape index (κ3) is 6.11. The zero-order chi connectivity index (χ0) is 14.9. The zero-order valence-corrected chi connectivity index (χ0v) is 13.2. The Bertz CT molecular complexity index is 452. The summed E-state index contributed by atoms with van der Waals surface area (Å²) < 4.78 is 0. The average Bonchev–Trinajstić information content (AvgIpc) is 2.49. The molecular formula is C19H26N2. The SMILES string of the molecule is CN(C)CCCN(Cc1ccccc1)Cc1ccccc1. The molecule has 0 spiro atoms. The fraction of sp³-hybridized carbons (Fsp3) is 0.368. The normalized spacial score (nSPS) is 11.2. The Balaban J connectivity index is 1.96. The van der Waals surface area contributed by atoms with Crippen LogP contribution in [0.2, 0.25) is 0 Å². The van der Waals surface area contributed by atoms with Gasteiger partial charge in [0.15, 0.2) is 0 Å². The van der Waals surface area contributed by atoms with E-state index in [4.69, 9.17) is 0 Å². The summed E-state index contributed by atoms with van der Waals surface area (Å²) in [4.78, 5) is 4.79. The molecular weight excluding hydrogens is 256 g/mol. The van der Waals surface area contributed by atoms with Crippen molar-refractivity contribution in [3.63, 3.8) is 0 Å². The summed E-state index contributed by atoms with van der Waals surface area (Å²) in [6.45, 7) is 4.30. The van der Waals surface area contributed by atoms with E-state index in [1.165, 1.54) is 17.5 Å². The first-order valence-corrected chi connectivity index (χ1v) is 7.69. The lowest BCUT2D eigenvalue weighted by atomic mass is 10.1. The molecule has 0 unspecified atom stereocenters. The van der Waals surface area contributed by atoms with Gasteiger partial charge in [-0.1, -0.05) is 60.7 Å². The fourth-order valence-electron chi connectivity index (χ4n) is 2.51. The van der Waals surface area contributed by atoms with Crippen molar-refractivity contribution in [2.75, 3.05) is 27.2 Å². The van der Waals surface area contributed by atoms with Gasteiger partial charge in [-0.2, -0.15) is 0 Å². The summed E-state index contributed by atoms with van der Waals surface area (Å²) >= 11 is 0.